The summed E-state index contributed by atoms with van der Waals surface area (Å²) in [6.07, 6.45) is 4.40. The summed E-state index contributed by atoms with van der Waals surface area (Å²) in [5.74, 6) is 1.78. The van der Waals surface area contributed by atoms with Gasteiger partial charge in [0.05, 0.1) is 0 Å². The summed E-state index contributed by atoms with van der Waals surface area (Å²) >= 11 is 0. The van der Waals surface area contributed by atoms with Crippen molar-refractivity contribution in [1.82, 2.24) is 10.2 Å². The number of hydrogen-bond acceptors (Lipinski definition) is 2. The molecule has 1 N–H and O–H groups in total. The molecule has 90 valence electrons. The zero-order chi connectivity index (χ0) is 11.1. The molecule has 0 aromatic carbocycles. The quantitative estimate of drug-likeness (QED) is 0.621. The number of rotatable bonds is 8. The molecule has 1 fully saturated rings. The van der Waals surface area contributed by atoms with E-state index in [1.165, 1.54) is 38.9 Å². The minimum atomic E-state index is 0.770. The Balaban J connectivity index is 2.00. The van der Waals surface area contributed by atoms with Crippen molar-refractivity contribution in [3.8, 4) is 0 Å². The number of likely N-dealkylation sites (N-methyl/N-ethyl adjacent to an activating group) is 1. The molecule has 1 rings (SSSR count). The second-order valence-electron chi connectivity index (χ2n) is 5.29. The van der Waals surface area contributed by atoms with Crippen molar-refractivity contribution < 1.29 is 0 Å². The second kappa shape index (κ2) is 7.24. The van der Waals surface area contributed by atoms with Crippen LogP contribution in [-0.4, -0.2) is 37.6 Å². The number of nitrogens with zero attached hydrogens (tertiary/aromatic N) is 1. The van der Waals surface area contributed by atoms with Crippen LogP contribution in [0.4, 0.5) is 0 Å². The molecule has 0 spiro atoms. The average molecular weight is 212 g/mol. The largest absolute Gasteiger partial charge is 0.315 e. The summed E-state index contributed by atoms with van der Waals surface area (Å²) < 4.78 is 0. The van der Waals surface area contributed by atoms with Crippen molar-refractivity contribution in [2.24, 2.45) is 11.8 Å². The minimum absolute atomic E-state index is 0.770. The molecule has 1 aliphatic rings. The lowest BCUT2D eigenvalue weighted by atomic mass is 9.85. The first-order chi connectivity index (χ1) is 7.22. The van der Waals surface area contributed by atoms with Crippen molar-refractivity contribution in [3.05, 3.63) is 0 Å². The Labute approximate surface area is 95.4 Å². The fourth-order valence-electron chi connectivity index (χ4n) is 2.05. The van der Waals surface area contributed by atoms with E-state index in [9.17, 15) is 0 Å². The van der Waals surface area contributed by atoms with Crippen LogP contribution in [0.2, 0.25) is 0 Å². The first-order valence-corrected chi connectivity index (χ1v) is 6.65. The molecule has 15 heavy (non-hydrogen) atoms. The van der Waals surface area contributed by atoms with Crippen LogP contribution >= 0.6 is 0 Å². The van der Waals surface area contributed by atoms with E-state index in [-0.39, 0.29) is 0 Å². The van der Waals surface area contributed by atoms with Gasteiger partial charge in [0.2, 0.25) is 0 Å². The SMILES string of the molecule is CCN(CCNCC(C)C)CC1CCC1. The second-order valence-corrected chi connectivity index (χ2v) is 5.29. The predicted octanol–water partition coefficient (Wildman–Crippen LogP) is 2.35. The third-order valence-electron chi connectivity index (χ3n) is 3.35. The van der Waals surface area contributed by atoms with Crippen molar-refractivity contribution in [1.29, 1.82) is 0 Å². The molecule has 0 atom stereocenters. The van der Waals surface area contributed by atoms with Gasteiger partial charge in [-0.1, -0.05) is 27.2 Å². The Morgan fingerprint density at radius 1 is 1.33 bits per heavy atom. The molecule has 0 heterocycles. The lowest BCUT2D eigenvalue weighted by Crippen LogP contribution is -2.37. The third kappa shape index (κ3) is 5.53. The molecule has 1 saturated carbocycles. The highest BCUT2D eigenvalue weighted by Crippen LogP contribution is 2.26. The first-order valence-electron chi connectivity index (χ1n) is 6.65. The van der Waals surface area contributed by atoms with Gasteiger partial charge in [0.1, 0.15) is 0 Å². The molecule has 0 saturated heterocycles. The topological polar surface area (TPSA) is 15.3 Å². The van der Waals surface area contributed by atoms with Crippen LogP contribution in [0.15, 0.2) is 0 Å². The van der Waals surface area contributed by atoms with Crippen molar-refractivity contribution in [2.45, 2.75) is 40.0 Å². The first kappa shape index (κ1) is 13.0. The fraction of sp³-hybridized carbons (Fsp3) is 1.00. The van der Waals surface area contributed by atoms with Crippen molar-refractivity contribution in [2.75, 3.05) is 32.7 Å². The van der Waals surface area contributed by atoms with Gasteiger partial charge < -0.3 is 10.2 Å². The molecule has 0 unspecified atom stereocenters. The third-order valence-corrected chi connectivity index (χ3v) is 3.35. The summed E-state index contributed by atoms with van der Waals surface area (Å²) in [5, 5.41) is 3.52. The summed E-state index contributed by atoms with van der Waals surface area (Å²) in [7, 11) is 0. The van der Waals surface area contributed by atoms with Crippen LogP contribution in [0, 0.1) is 11.8 Å². The molecular formula is C13H28N2. The van der Waals surface area contributed by atoms with Crippen LogP contribution in [0.1, 0.15) is 40.0 Å². The van der Waals surface area contributed by atoms with Gasteiger partial charge in [-0.2, -0.15) is 0 Å². The zero-order valence-corrected chi connectivity index (χ0v) is 10.8. The zero-order valence-electron chi connectivity index (χ0n) is 10.8. The average Bonchev–Trinajstić information content (AvgIpc) is 2.13. The maximum atomic E-state index is 3.52. The van der Waals surface area contributed by atoms with Crippen LogP contribution in [0.5, 0.6) is 0 Å². The molecule has 0 aromatic heterocycles. The molecule has 0 bridgehead atoms. The Bertz CT molecular complexity index is 153. The van der Waals surface area contributed by atoms with E-state index in [0.29, 0.717) is 0 Å². The Kier molecular flexibility index (Phi) is 6.26. The highest BCUT2D eigenvalue weighted by molar-refractivity contribution is 4.73. The van der Waals surface area contributed by atoms with Crippen LogP contribution in [-0.2, 0) is 0 Å². The molecule has 2 nitrogen and oxygen atoms in total. The molecule has 0 radical (unpaired) electrons. The van der Waals surface area contributed by atoms with Gasteiger partial charge in [0, 0.05) is 19.6 Å². The van der Waals surface area contributed by atoms with E-state index in [4.69, 9.17) is 0 Å². The van der Waals surface area contributed by atoms with E-state index in [2.05, 4.69) is 31.0 Å². The Morgan fingerprint density at radius 3 is 2.53 bits per heavy atom. The van der Waals surface area contributed by atoms with E-state index in [1.807, 2.05) is 0 Å². The van der Waals surface area contributed by atoms with Crippen LogP contribution < -0.4 is 5.32 Å². The van der Waals surface area contributed by atoms with Crippen LogP contribution in [0.25, 0.3) is 0 Å². The number of nitrogens with one attached hydrogen (secondary N) is 1. The predicted molar refractivity (Wildman–Crippen MR) is 67.2 cm³/mol. The highest BCUT2D eigenvalue weighted by atomic mass is 15.1. The van der Waals surface area contributed by atoms with Gasteiger partial charge >= 0.3 is 0 Å². The monoisotopic (exact) mass is 212 g/mol. The minimum Gasteiger partial charge on any atom is -0.315 e. The number of hydrogen-bond donors (Lipinski definition) is 1. The van der Waals surface area contributed by atoms with Gasteiger partial charge in [-0.05, 0) is 37.8 Å². The smallest absolute Gasteiger partial charge is 0.0107 e. The molecule has 0 aromatic rings. The molecule has 0 amide bonds. The molecule has 0 aliphatic heterocycles. The standard InChI is InChI=1S/C13H28N2/c1-4-15(11-13-6-5-7-13)9-8-14-10-12(2)3/h12-14H,4-11H2,1-3H3. The van der Waals surface area contributed by atoms with E-state index in [0.717, 1.165) is 24.9 Å². The maximum Gasteiger partial charge on any atom is 0.0107 e. The van der Waals surface area contributed by atoms with Crippen molar-refractivity contribution in [3.63, 3.8) is 0 Å². The van der Waals surface area contributed by atoms with E-state index >= 15 is 0 Å². The van der Waals surface area contributed by atoms with E-state index in [1.54, 1.807) is 0 Å². The van der Waals surface area contributed by atoms with Crippen molar-refractivity contribution >= 4 is 0 Å². The summed E-state index contributed by atoms with van der Waals surface area (Å²) in [4.78, 5) is 2.59. The maximum absolute atomic E-state index is 3.52. The van der Waals surface area contributed by atoms with Gasteiger partial charge in [0.15, 0.2) is 0 Å². The summed E-state index contributed by atoms with van der Waals surface area (Å²) in [5.41, 5.74) is 0. The lowest BCUT2D eigenvalue weighted by molar-refractivity contribution is 0.184. The molecule has 2 heteroatoms. The van der Waals surface area contributed by atoms with Gasteiger partial charge in [-0.25, -0.2) is 0 Å². The normalized spacial score (nSPS) is 17.4. The summed E-state index contributed by atoms with van der Waals surface area (Å²) in [6.45, 7) is 12.9. The summed E-state index contributed by atoms with van der Waals surface area (Å²) in [6, 6.07) is 0. The van der Waals surface area contributed by atoms with Gasteiger partial charge in [0.25, 0.3) is 0 Å². The lowest BCUT2D eigenvalue weighted by Gasteiger charge is -2.31. The van der Waals surface area contributed by atoms with Gasteiger partial charge in [-0.15, -0.1) is 0 Å². The van der Waals surface area contributed by atoms with E-state index < -0.39 is 0 Å². The Morgan fingerprint density at radius 2 is 2.07 bits per heavy atom. The fourth-order valence-corrected chi connectivity index (χ4v) is 2.05. The van der Waals surface area contributed by atoms with Gasteiger partial charge in [-0.3, -0.25) is 0 Å². The van der Waals surface area contributed by atoms with Crippen LogP contribution in [0.3, 0.4) is 0 Å². The highest BCUT2D eigenvalue weighted by Gasteiger charge is 2.19. The molecule has 1 aliphatic carbocycles. The Hall–Kier alpha value is -0.0800. The molecular weight excluding hydrogens is 184 g/mol.